The van der Waals surface area contributed by atoms with Gasteiger partial charge in [0.25, 0.3) is 0 Å². The van der Waals surface area contributed by atoms with Crippen LogP contribution in [0.1, 0.15) is 0 Å². The van der Waals surface area contributed by atoms with Crippen LogP contribution in [-0.2, 0) is 28.1 Å². The zero-order valence-corrected chi connectivity index (χ0v) is 27.2. The minimum Gasteiger partial charge on any atom is -0.502 e. The zero-order valence-electron chi connectivity index (χ0n) is 25.0. The average molecular weight is 792 g/mol. The van der Waals surface area contributed by atoms with E-state index in [0.29, 0.717) is 28.4 Å². The summed E-state index contributed by atoms with van der Waals surface area (Å²) >= 11 is 0. The molecule has 0 spiro atoms. The number of pyridine rings is 1. The van der Waals surface area contributed by atoms with Crippen LogP contribution in [0.2, 0.25) is 0 Å². The van der Waals surface area contributed by atoms with Gasteiger partial charge in [0.1, 0.15) is 17.0 Å². The molecule has 0 aliphatic rings. The van der Waals surface area contributed by atoms with Gasteiger partial charge in [0, 0.05) is 48.4 Å². The van der Waals surface area contributed by atoms with Crippen molar-refractivity contribution in [2.24, 2.45) is 7.05 Å². The van der Waals surface area contributed by atoms with Crippen molar-refractivity contribution in [3.05, 3.63) is 140 Å². The zero-order chi connectivity index (χ0) is 30.6. The molecule has 228 valence electrons. The number of ether oxygens (including phenoxy) is 1. The molecular weight excluding hydrogens is 768 g/mol. The van der Waals surface area contributed by atoms with Gasteiger partial charge in [-0.05, 0) is 52.6 Å². The van der Waals surface area contributed by atoms with Crippen molar-refractivity contribution < 1.29 is 34.6 Å². The van der Waals surface area contributed by atoms with E-state index in [1.165, 1.54) is 0 Å². The molecule has 0 amide bonds. The van der Waals surface area contributed by atoms with Crippen molar-refractivity contribution >= 4 is 61.1 Å². The predicted octanol–water partition coefficient (Wildman–Crippen LogP) is 10.1. The van der Waals surface area contributed by atoms with Gasteiger partial charge in [-0.1, -0.05) is 89.4 Å². The van der Waals surface area contributed by atoms with Crippen LogP contribution < -0.4 is 9.64 Å². The van der Waals surface area contributed by atoms with Gasteiger partial charge in [-0.25, -0.2) is 4.98 Å². The number of furan rings is 2. The van der Waals surface area contributed by atoms with Crippen molar-refractivity contribution in [2.45, 2.75) is 0 Å². The molecular formula is C39H24N4O3Pt. The van der Waals surface area contributed by atoms with E-state index in [1.807, 2.05) is 126 Å². The number of aryl methyl sites for hydroxylation is 1. The molecule has 0 radical (unpaired) electrons. The molecule has 0 N–H and O–H groups in total. The Labute approximate surface area is 283 Å². The molecule has 0 atom stereocenters. The van der Waals surface area contributed by atoms with Gasteiger partial charge in [-0.3, -0.25) is 4.98 Å². The van der Waals surface area contributed by atoms with Crippen LogP contribution in [0.4, 0.5) is 17.2 Å². The fraction of sp³-hybridized carbons (Fsp3) is 0.0256. The number of hydrogen-bond donors (Lipinski definition) is 0. The third-order valence-corrected chi connectivity index (χ3v) is 8.13. The number of imidazole rings is 1. The second-order valence-corrected chi connectivity index (χ2v) is 11.0. The summed E-state index contributed by atoms with van der Waals surface area (Å²) in [5, 5.41) is 3.65. The van der Waals surface area contributed by atoms with E-state index in [-0.39, 0.29) is 21.1 Å². The van der Waals surface area contributed by atoms with Gasteiger partial charge in [0.05, 0.1) is 11.4 Å². The first-order chi connectivity index (χ1) is 22.7. The maximum absolute atomic E-state index is 6.79. The number of aromatic nitrogens is 3. The van der Waals surface area contributed by atoms with Crippen molar-refractivity contribution in [3.8, 4) is 22.9 Å². The Balaban J connectivity index is 0.00000324. The number of nitrogens with zero attached hydrogens (tertiary/aromatic N) is 4. The Kier molecular flexibility index (Phi) is 7.11. The van der Waals surface area contributed by atoms with E-state index in [1.54, 1.807) is 12.4 Å². The second kappa shape index (κ2) is 11.6. The van der Waals surface area contributed by atoms with E-state index in [4.69, 9.17) is 13.6 Å². The summed E-state index contributed by atoms with van der Waals surface area (Å²) < 4.78 is 21.5. The molecule has 8 heteroatoms. The number of para-hydroxylation sites is 3. The summed E-state index contributed by atoms with van der Waals surface area (Å²) in [6.07, 6.45) is 5.47. The summed E-state index contributed by atoms with van der Waals surface area (Å²) in [6.45, 7) is 0. The van der Waals surface area contributed by atoms with Gasteiger partial charge in [-0.15, -0.1) is 12.1 Å². The van der Waals surface area contributed by atoms with Gasteiger partial charge in [0.2, 0.25) is 0 Å². The normalized spacial score (nSPS) is 11.3. The quantitative estimate of drug-likeness (QED) is 0.156. The van der Waals surface area contributed by atoms with E-state index in [0.717, 1.165) is 55.6 Å². The molecule has 0 unspecified atom stereocenters. The molecule has 9 rings (SSSR count). The fourth-order valence-electron chi connectivity index (χ4n) is 6.10. The first-order valence-corrected chi connectivity index (χ1v) is 14.9. The number of hydrogen-bond acceptors (Lipinski definition) is 6. The molecule has 47 heavy (non-hydrogen) atoms. The van der Waals surface area contributed by atoms with E-state index in [2.05, 4.69) is 28.2 Å². The van der Waals surface area contributed by atoms with Gasteiger partial charge in [0.15, 0.2) is 0 Å². The largest absolute Gasteiger partial charge is 2.00 e. The third-order valence-electron chi connectivity index (χ3n) is 8.13. The van der Waals surface area contributed by atoms with Crippen molar-refractivity contribution in [1.82, 2.24) is 14.5 Å². The Bertz CT molecular complexity index is 2500. The van der Waals surface area contributed by atoms with Crippen molar-refractivity contribution in [1.29, 1.82) is 0 Å². The molecule has 0 saturated heterocycles. The smallest absolute Gasteiger partial charge is 0.502 e. The Morgan fingerprint density at radius 3 is 2.06 bits per heavy atom. The fourth-order valence-corrected chi connectivity index (χ4v) is 6.10. The van der Waals surface area contributed by atoms with Crippen molar-refractivity contribution in [2.75, 3.05) is 4.90 Å². The average Bonchev–Trinajstić information content (AvgIpc) is 3.80. The molecule has 0 aliphatic carbocycles. The standard InChI is InChI=1S/C39H24N4O3.Pt/c1-42-20-19-41-39(42)30-23-27(24-35-37(30)28-13-5-7-15-31(28)46-35)44-33-21-26(22-34-38(33)29-14-6-8-16-32(29)45-34)43(25-11-3-2-4-12-25)36-17-9-10-18-40-36;/h2-20,22,24H,1H3;/q-2;+2. The molecule has 9 aromatic rings. The van der Waals surface area contributed by atoms with Crippen LogP contribution in [0.25, 0.3) is 55.3 Å². The van der Waals surface area contributed by atoms with Crippen LogP contribution in [0.5, 0.6) is 11.5 Å². The third kappa shape index (κ3) is 4.87. The second-order valence-electron chi connectivity index (χ2n) is 11.0. The SMILES string of the molecule is Cn1ccnc1-c1[c-]c(Oc2[c-]c(N(c3ccccc3)c3ccccn3)cc3oc4ccccc4c23)cc2oc3ccccc3c12.[Pt+2]. The van der Waals surface area contributed by atoms with E-state index in [9.17, 15) is 0 Å². The predicted molar refractivity (Wildman–Crippen MR) is 180 cm³/mol. The maximum Gasteiger partial charge on any atom is 2.00 e. The van der Waals surface area contributed by atoms with Crippen LogP contribution in [0, 0.1) is 12.1 Å². The molecule has 4 heterocycles. The van der Waals surface area contributed by atoms with Gasteiger partial charge < -0.3 is 23.0 Å². The Morgan fingerprint density at radius 1 is 0.681 bits per heavy atom. The summed E-state index contributed by atoms with van der Waals surface area (Å²) in [7, 11) is 1.96. The molecule has 7 nitrogen and oxygen atoms in total. The van der Waals surface area contributed by atoms with Crippen LogP contribution >= 0.6 is 0 Å². The summed E-state index contributed by atoms with van der Waals surface area (Å²) in [4.78, 5) is 11.4. The number of anilines is 3. The Hall–Kier alpha value is -5.65. The van der Waals surface area contributed by atoms with E-state index < -0.39 is 0 Å². The number of rotatable bonds is 6. The van der Waals surface area contributed by atoms with Crippen molar-refractivity contribution in [3.63, 3.8) is 0 Å². The molecule has 0 fully saturated rings. The van der Waals surface area contributed by atoms with Gasteiger partial charge in [-0.2, -0.15) is 0 Å². The molecule has 0 aliphatic heterocycles. The first kappa shape index (κ1) is 28.8. The van der Waals surface area contributed by atoms with Crippen LogP contribution in [0.15, 0.2) is 137 Å². The number of fused-ring (bicyclic) bond motifs is 6. The topological polar surface area (TPSA) is 69.5 Å². The summed E-state index contributed by atoms with van der Waals surface area (Å²) in [6, 6.07) is 42.8. The minimum absolute atomic E-state index is 0. The molecule has 0 saturated carbocycles. The monoisotopic (exact) mass is 791 g/mol. The minimum atomic E-state index is 0. The van der Waals surface area contributed by atoms with Crippen LogP contribution in [0.3, 0.4) is 0 Å². The molecule has 4 aromatic heterocycles. The maximum atomic E-state index is 6.79. The summed E-state index contributed by atoms with van der Waals surface area (Å²) in [5.74, 6) is 2.45. The van der Waals surface area contributed by atoms with Gasteiger partial charge >= 0.3 is 21.1 Å². The Morgan fingerprint density at radius 2 is 1.36 bits per heavy atom. The number of benzene rings is 5. The van der Waals surface area contributed by atoms with E-state index >= 15 is 0 Å². The first-order valence-electron chi connectivity index (χ1n) is 14.9. The molecule has 5 aromatic carbocycles. The summed E-state index contributed by atoms with van der Waals surface area (Å²) in [5.41, 5.74) is 5.29. The van der Waals surface area contributed by atoms with Crippen LogP contribution in [-0.4, -0.2) is 14.5 Å². The molecule has 0 bridgehead atoms.